The van der Waals surface area contributed by atoms with Gasteiger partial charge >= 0.3 is 0 Å². The molecule has 2 rings (SSSR count). The van der Waals surface area contributed by atoms with Crippen molar-refractivity contribution < 1.29 is 4.74 Å². The molecule has 0 amide bonds. The molecular weight excluding hydrogens is 370 g/mol. The van der Waals surface area contributed by atoms with E-state index in [1.165, 1.54) is 37.3 Å². The summed E-state index contributed by atoms with van der Waals surface area (Å²) in [6, 6.07) is 0.436. The number of hydrogen-bond donors (Lipinski definition) is 2. The van der Waals surface area contributed by atoms with E-state index < -0.39 is 0 Å². The summed E-state index contributed by atoms with van der Waals surface area (Å²) in [7, 11) is 0. The number of guanidine groups is 1. The Balaban J connectivity index is 1.89. The predicted octanol–water partition coefficient (Wildman–Crippen LogP) is 2.26. The minimum Gasteiger partial charge on any atom is -0.379 e. The first kappa shape index (κ1) is 23.8. The molecule has 0 radical (unpaired) electrons. The van der Waals surface area contributed by atoms with E-state index in [-0.39, 0.29) is 5.54 Å². The molecular formula is C21H43N5OS. The second kappa shape index (κ2) is 12.9. The third-order valence-electron chi connectivity index (χ3n) is 6.03. The van der Waals surface area contributed by atoms with Crippen molar-refractivity contribution in [3.05, 3.63) is 0 Å². The zero-order valence-corrected chi connectivity index (χ0v) is 19.5. The van der Waals surface area contributed by atoms with Crippen molar-refractivity contribution in [2.45, 2.75) is 58.5 Å². The van der Waals surface area contributed by atoms with Gasteiger partial charge in [-0.1, -0.05) is 13.8 Å². The van der Waals surface area contributed by atoms with Gasteiger partial charge in [-0.05, 0) is 58.5 Å². The molecule has 2 N–H and O–H groups in total. The van der Waals surface area contributed by atoms with Crippen LogP contribution in [0, 0.1) is 0 Å². The average molecular weight is 414 g/mol. The second-order valence-corrected chi connectivity index (χ2v) is 9.14. The van der Waals surface area contributed by atoms with Crippen molar-refractivity contribution in [2.24, 2.45) is 4.99 Å². The first-order valence-corrected chi connectivity index (χ1v) is 12.5. The van der Waals surface area contributed by atoms with Gasteiger partial charge in [0.15, 0.2) is 5.96 Å². The van der Waals surface area contributed by atoms with Gasteiger partial charge in [0.05, 0.1) is 25.3 Å². The van der Waals surface area contributed by atoms with E-state index in [2.05, 4.69) is 59.9 Å². The minimum absolute atomic E-state index is 0.211. The zero-order valence-electron chi connectivity index (χ0n) is 18.6. The van der Waals surface area contributed by atoms with Gasteiger partial charge in [-0.25, -0.2) is 0 Å². The zero-order chi connectivity index (χ0) is 20.2. The lowest BCUT2D eigenvalue weighted by molar-refractivity contribution is -0.0104. The molecule has 2 aliphatic heterocycles. The van der Waals surface area contributed by atoms with Gasteiger partial charge in [-0.15, -0.1) is 0 Å². The Morgan fingerprint density at radius 2 is 2.00 bits per heavy atom. The van der Waals surface area contributed by atoms with E-state index in [1.54, 1.807) is 0 Å². The largest absolute Gasteiger partial charge is 0.379 e. The van der Waals surface area contributed by atoms with Gasteiger partial charge in [0.1, 0.15) is 0 Å². The average Bonchev–Trinajstić information content (AvgIpc) is 3.20. The van der Waals surface area contributed by atoms with E-state index in [0.717, 1.165) is 58.4 Å². The third kappa shape index (κ3) is 7.39. The SMILES string of the molecule is CCNC(=NCC1(N2CCOCC2)CCSC1)NC(C)CCCN(CC)CC. The van der Waals surface area contributed by atoms with E-state index >= 15 is 0 Å². The monoisotopic (exact) mass is 413 g/mol. The van der Waals surface area contributed by atoms with Gasteiger partial charge in [-0.3, -0.25) is 9.89 Å². The molecule has 2 aliphatic rings. The van der Waals surface area contributed by atoms with Crippen LogP contribution in [0.5, 0.6) is 0 Å². The van der Waals surface area contributed by atoms with Gasteiger partial charge in [0.25, 0.3) is 0 Å². The lowest BCUT2D eigenvalue weighted by Gasteiger charge is -2.42. The molecule has 0 aliphatic carbocycles. The highest BCUT2D eigenvalue weighted by molar-refractivity contribution is 7.99. The summed E-state index contributed by atoms with van der Waals surface area (Å²) >= 11 is 2.07. The summed E-state index contributed by atoms with van der Waals surface area (Å²) in [5, 5.41) is 7.10. The number of nitrogens with one attached hydrogen (secondary N) is 2. The van der Waals surface area contributed by atoms with Crippen molar-refractivity contribution in [2.75, 3.05) is 70.5 Å². The number of nitrogens with zero attached hydrogens (tertiary/aromatic N) is 3. The van der Waals surface area contributed by atoms with Crippen LogP contribution in [-0.2, 0) is 4.74 Å². The number of aliphatic imine (C=N–C) groups is 1. The van der Waals surface area contributed by atoms with Crippen molar-refractivity contribution in [3.8, 4) is 0 Å². The number of rotatable bonds is 11. The highest BCUT2D eigenvalue weighted by Gasteiger charge is 2.40. The van der Waals surface area contributed by atoms with Crippen LogP contribution < -0.4 is 10.6 Å². The standard InChI is InChI=1S/C21H43N5OS/c1-5-22-20(24-19(4)9-8-11-25(6-2)7-3)23-17-21(10-16-28-18-21)26-12-14-27-15-13-26/h19H,5-18H2,1-4H3,(H2,22,23,24). The van der Waals surface area contributed by atoms with Gasteiger partial charge in [-0.2, -0.15) is 11.8 Å². The smallest absolute Gasteiger partial charge is 0.191 e. The molecule has 0 aromatic carbocycles. The molecule has 7 heteroatoms. The molecule has 0 saturated carbocycles. The van der Waals surface area contributed by atoms with Gasteiger partial charge < -0.3 is 20.3 Å². The molecule has 2 unspecified atom stereocenters. The van der Waals surface area contributed by atoms with Gasteiger partial charge in [0.2, 0.25) is 0 Å². The molecule has 28 heavy (non-hydrogen) atoms. The minimum atomic E-state index is 0.211. The summed E-state index contributed by atoms with van der Waals surface area (Å²) in [6.07, 6.45) is 3.63. The molecule has 2 heterocycles. The number of thioether (sulfide) groups is 1. The van der Waals surface area contributed by atoms with E-state index in [4.69, 9.17) is 9.73 Å². The lowest BCUT2D eigenvalue weighted by Crippen LogP contribution is -2.56. The normalized spacial score (nSPS) is 25.2. The molecule has 2 fully saturated rings. The maximum absolute atomic E-state index is 5.58. The molecule has 0 aromatic rings. The van der Waals surface area contributed by atoms with Crippen molar-refractivity contribution in [1.82, 2.24) is 20.4 Å². The Labute approximate surface area is 177 Å². The summed E-state index contributed by atoms with van der Waals surface area (Å²) < 4.78 is 5.58. The van der Waals surface area contributed by atoms with Crippen LogP contribution in [0.25, 0.3) is 0 Å². The maximum Gasteiger partial charge on any atom is 0.191 e. The van der Waals surface area contributed by atoms with Crippen LogP contribution in [-0.4, -0.2) is 97.9 Å². The number of hydrogen-bond acceptors (Lipinski definition) is 5. The predicted molar refractivity (Wildman–Crippen MR) is 123 cm³/mol. The fourth-order valence-corrected chi connectivity index (χ4v) is 5.59. The Hall–Kier alpha value is -0.500. The number of ether oxygens (including phenoxy) is 1. The Morgan fingerprint density at radius 1 is 1.25 bits per heavy atom. The lowest BCUT2D eigenvalue weighted by atomic mass is 9.96. The fourth-order valence-electron chi connectivity index (χ4n) is 4.12. The maximum atomic E-state index is 5.58. The third-order valence-corrected chi connectivity index (χ3v) is 7.26. The van der Waals surface area contributed by atoms with Crippen molar-refractivity contribution in [1.29, 1.82) is 0 Å². The summed E-state index contributed by atoms with van der Waals surface area (Å²) in [5.74, 6) is 3.41. The molecule has 2 atom stereocenters. The summed E-state index contributed by atoms with van der Waals surface area (Å²) in [4.78, 5) is 10.2. The number of morpholine rings is 1. The molecule has 0 aromatic heterocycles. The Kier molecular flexibility index (Phi) is 11.0. The van der Waals surface area contributed by atoms with Crippen molar-refractivity contribution in [3.63, 3.8) is 0 Å². The summed E-state index contributed by atoms with van der Waals surface area (Å²) in [5.41, 5.74) is 0.211. The van der Waals surface area contributed by atoms with Crippen LogP contribution in [0.1, 0.15) is 47.0 Å². The van der Waals surface area contributed by atoms with Crippen LogP contribution in [0.3, 0.4) is 0 Å². The highest BCUT2D eigenvalue weighted by atomic mass is 32.2. The quantitative estimate of drug-likeness (QED) is 0.400. The first-order valence-electron chi connectivity index (χ1n) is 11.3. The fraction of sp³-hybridized carbons (Fsp3) is 0.952. The molecule has 2 saturated heterocycles. The molecule has 6 nitrogen and oxygen atoms in total. The highest BCUT2D eigenvalue weighted by Crippen LogP contribution is 2.34. The molecule has 0 bridgehead atoms. The van der Waals surface area contributed by atoms with Crippen LogP contribution in [0.2, 0.25) is 0 Å². The molecule has 164 valence electrons. The van der Waals surface area contributed by atoms with E-state index in [9.17, 15) is 0 Å². The van der Waals surface area contributed by atoms with Gasteiger partial charge in [0, 0.05) is 31.4 Å². The van der Waals surface area contributed by atoms with E-state index in [1.807, 2.05) is 0 Å². The Bertz CT molecular complexity index is 446. The van der Waals surface area contributed by atoms with Crippen LogP contribution in [0.15, 0.2) is 4.99 Å². The topological polar surface area (TPSA) is 52.1 Å². The summed E-state index contributed by atoms with van der Waals surface area (Å²) in [6.45, 7) is 18.0. The van der Waals surface area contributed by atoms with Crippen molar-refractivity contribution >= 4 is 17.7 Å². The van der Waals surface area contributed by atoms with Crippen LogP contribution in [0.4, 0.5) is 0 Å². The molecule has 0 spiro atoms. The van der Waals surface area contributed by atoms with Crippen LogP contribution >= 0.6 is 11.8 Å². The van der Waals surface area contributed by atoms with E-state index in [0.29, 0.717) is 6.04 Å². The Morgan fingerprint density at radius 3 is 2.61 bits per heavy atom. The second-order valence-electron chi connectivity index (χ2n) is 8.04. The first-order chi connectivity index (χ1) is 13.6.